The Kier molecular flexibility index (Phi) is 5.22. The lowest BCUT2D eigenvalue weighted by molar-refractivity contribution is 0.300. The molecule has 2 aromatic carbocycles. The maximum Gasteiger partial charge on any atom is 0.137 e. The third-order valence-electron chi connectivity index (χ3n) is 3.08. The Morgan fingerprint density at radius 1 is 1.15 bits per heavy atom. The molecule has 1 nitrogen and oxygen atoms in total. The summed E-state index contributed by atoms with van der Waals surface area (Å²) < 4.78 is 19.8. The van der Waals surface area contributed by atoms with Crippen molar-refractivity contribution in [3.05, 3.63) is 62.9 Å². The Bertz CT molecular complexity index is 603. The molecule has 0 amide bonds. The minimum Gasteiger partial charge on any atom is -0.488 e. The number of alkyl halides is 1. The highest BCUT2D eigenvalue weighted by Gasteiger charge is 2.09. The molecule has 2 aromatic rings. The molecule has 0 aliphatic heterocycles. The molecule has 0 saturated carbocycles. The lowest BCUT2D eigenvalue weighted by Gasteiger charge is -2.14. The summed E-state index contributed by atoms with van der Waals surface area (Å²) in [5.41, 5.74) is 4.20. The maximum absolute atomic E-state index is 13.5. The fraction of sp³-hybridized carbons (Fsp3) is 0.250. The lowest BCUT2D eigenvalue weighted by Crippen LogP contribution is -2.01. The number of ether oxygens (including phenoxy) is 1. The van der Waals surface area contributed by atoms with Gasteiger partial charge in [0.15, 0.2) is 0 Å². The molecule has 0 saturated heterocycles. The van der Waals surface area contributed by atoms with Gasteiger partial charge in [-0.1, -0.05) is 40.2 Å². The van der Waals surface area contributed by atoms with Gasteiger partial charge in [0.2, 0.25) is 0 Å². The highest BCUT2D eigenvalue weighted by Crippen LogP contribution is 2.28. The van der Waals surface area contributed by atoms with Crippen molar-refractivity contribution in [2.45, 2.75) is 25.8 Å². The van der Waals surface area contributed by atoms with Crippen LogP contribution in [-0.4, -0.2) is 0 Å². The third-order valence-corrected chi connectivity index (χ3v) is 4.61. The van der Waals surface area contributed by atoms with E-state index in [1.54, 1.807) is 6.07 Å². The average Bonchev–Trinajstić information content (AvgIpc) is 2.42. The van der Waals surface area contributed by atoms with Gasteiger partial charge in [0.1, 0.15) is 18.2 Å². The average molecular weight is 402 g/mol. The van der Waals surface area contributed by atoms with Gasteiger partial charge >= 0.3 is 0 Å². The third kappa shape index (κ3) is 3.41. The van der Waals surface area contributed by atoms with Gasteiger partial charge in [-0.3, -0.25) is 0 Å². The molecule has 4 heteroatoms. The van der Waals surface area contributed by atoms with Crippen molar-refractivity contribution < 1.29 is 9.13 Å². The van der Waals surface area contributed by atoms with Gasteiger partial charge in [-0.25, -0.2) is 4.39 Å². The molecule has 0 heterocycles. The second-order valence-electron chi connectivity index (χ2n) is 4.69. The van der Waals surface area contributed by atoms with Crippen LogP contribution >= 0.6 is 31.9 Å². The topological polar surface area (TPSA) is 9.23 Å². The number of hydrogen-bond donors (Lipinski definition) is 0. The summed E-state index contributed by atoms with van der Waals surface area (Å²) in [5, 5.41) is 0.824. The van der Waals surface area contributed by atoms with E-state index in [-0.39, 0.29) is 5.82 Å². The zero-order chi connectivity index (χ0) is 14.7. The van der Waals surface area contributed by atoms with Crippen molar-refractivity contribution in [2.24, 2.45) is 0 Å². The molecule has 0 spiro atoms. The molecule has 0 bridgehead atoms. The zero-order valence-electron chi connectivity index (χ0n) is 11.3. The van der Waals surface area contributed by atoms with E-state index in [0.29, 0.717) is 11.1 Å². The molecule has 0 radical (unpaired) electrons. The van der Waals surface area contributed by atoms with Crippen LogP contribution in [0.15, 0.2) is 34.8 Å². The quantitative estimate of drug-likeness (QED) is 0.599. The maximum atomic E-state index is 13.5. The number of benzene rings is 2. The molecule has 0 N–H and O–H groups in total. The summed E-state index contributed by atoms with van der Waals surface area (Å²) in [6.45, 7) is 4.39. The van der Waals surface area contributed by atoms with Gasteiger partial charge in [-0.05, 0) is 52.5 Å². The van der Waals surface area contributed by atoms with E-state index >= 15 is 0 Å². The molecular formula is C16H15Br2FO. The Hall–Kier alpha value is -0.870. The first-order chi connectivity index (χ1) is 9.52. The number of rotatable bonds is 4. The number of aryl methyl sites for hydroxylation is 2. The van der Waals surface area contributed by atoms with Crippen molar-refractivity contribution in [2.75, 3.05) is 0 Å². The number of hydrogen-bond acceptors (Lipinski definition) is 1. The van der Waals surface area contributed by atoms with Crippen LogP contribution in [0.3, 0.4) is 0 Å². The van der Waals surface area contributed by atoms with Crippen LogP contribution in [0.5, 0.6) is 5.75 Å². The molecule has 0 fully saturated rings. The van der Waals surface area contributed by atoms with Gasteiger partial charge in [0, 0.05) is 10.9 Å². The standard InChI is InChI=1S/C16H15Br2FO/c1-10-6-12(8-17)7-11(2)16(10)20-9-13-4-3-5-14(19)15(13)18/h3-7H,8-9H2,1-2H3. The number of halogens is 3. The van der Waals surface area contributed by atoms with Crippen LogP contribution in [-0.2, 0) is 11.9 Å². The minimum atomic E-state index is -0.269. The van der Waals surface area contributed by atoms with Crippen molar-refractivity contribution in [1.82, 2.24) is 0 Å². The molecule has 106 valence electrons. The molecule has 0 aliphatic rings. The van der Waals surface area contributed by atoms with Crippen LogP contribution in [0.25, 0.3) is 0 Å². The van der Waals surface area contributed by atoms with E-state index in [2.05, 4.69) is 44.0 Å². The second-order valence-corrected chi connectivity index (χ2v) is 6.05. The zero-order valence-corrected chi connectivity index (χ0v) is 14.5. The molecule has 2 rings (SSSR count). The monoisotopic (exact) mass is 400 g/mol. The molecule has 0 unspecified atom stereocenters. The summed E-state index contributed by atoms with van der Waals surface area (Å²) in [4.78, 5) is 0. The van der Waals surface area contributed by atoms with E-state index < -0.39 is 0 Å². The first-order valence-corrected chi connectivity index (χ1v) is 8.16. The Morgan fingerprint density at radius 3 is 2.40 bits per heavy atom. The second kappa shape index (κ2) is 6.72. The van der Waals surface area contributed by atoms with Crippen LogP contribution in [0.2, 0.25) is 0 Å². The normalized spacial score (nSPS) is 10.7. The van der Waals surface area contributed by atoms with E-state index in [1.807, 2.05) is 19.9 Å². The van der Waals surface area contributed by atoms with Gasteiger partial charge in [0.25, 0.3) is 0 Å². The van der Waals surface area contributed by atoms with Gasteiger partial charge < -0.3 is 4.74 Å². The Labute approximate surface area is 135 Å². The lowest BCUT2D eigenvalue weighted by atomic mass is 10.1. The summed E-state index contributed by atoms with van der Waals surface area (Å²) in [6, 6.07) is 9.15. The van der Waals surface area contributed by atoms with Crippen LogP contribution < -0.4 is 4.74 Å². The largest absolute Gasteiger partial charge is 0.488 e. The van der Waals surface area contributed by atoms with Crippen molar-refractivity contribution >= 4 is 31.9 Å². The Morgan fingerprint density at radius 2 is 1.80 bits per heavy atom. The summed E-state index contributed by atoms with van der Waals surface area (Å²) in [7, 11) is 0. The van der Waals surface area contributed by atoms with E-state index in [0.717, 1.165) is 27.8 Å². The smallest absolute Gasteiger partial charge is 0.137 e. The Balaban J connectivity index is 2.21. The highest BCUT2D eigenvalue weighted by atomic mass is 79.9. The van der Waals surface area contributed by atoms with E-state index in [9.17, 15) is 4.39 Å². The highest BCUT2D eigenvalue weighted by molar-refractivity contribution is 9.10. The van der Waals surface area contributed by atoms with E-state index in [4.69, 9.17) is 4.74 Å². The summed E-state index contributed by atoms with van der Waals surface area (Å²) >= 11 is 6.71. The van der Waals surface area contributed by atoms with Crippen molar-refractivity contribution in [3.63, 3.8) is 0 Å². The molecule has 0 aliphatic carbocycles. The molecule has 0 aromatic heterocycles. The molecular weight excluding hydrogens is 387 g/mol. The first kappa shape index (κ1) is 15.5. The predicted molar refractivity (Wildman–Crippen MR) is 87.0 cm³/mol. The fourth-order valence-corrected chi connectivity index (χ4v) is 2.86. The van der Waals surface area contributed by atoms with Crippen molar-refractivity contribution in [1.29, 1.82) is 0 Å². The van der Waals surface area contributed by atoms with Gasteiger partial charge in [0.05, 0.1) is 4.47 Å². The first-order valence-electron chi connectivity index (χ1n) is 6.24. The fourth-order valence-electron chi connectivity index (χ4n) is 2.15. The summed E-state index contributed by atoms with van der Waals surface area (Å²) in [5.74, 6) is 0.597. The van der Waals surface area contributed by atoms with Gasteiger partial charge in [-0.2, -0.15) is 0 Å². The molecule has 0 atom stereocenters. The van der Waals surface area contributed by atoms with E-state index in [1.165, 1.54) is 11.6 Å². The molecule has 20 heavy (non-hydrogen) atoms. The SMILES string of the molecule is Cc1cc(CBr)cc(C)c1OCc1cccc(F)c1Br. The van der Waals surface area contributed by atoms with Crippen LogP contribution in [0.1, 0.15) is 22.3 Å². The summed E-state index contributed by atoms with van der Waals surface area (Å²) in [6.07, 6.45) is 0. The van der Waals surface area contributed by atoms with Crippen LogP contribution in [0.4, 0.5) is 4.39 Å². The van der Waals surface area contributed by atoms with Gasteiger partial charge in [-0.15, -0.1) is 0 Å². The van der Waals surface area contributed by atoms with Crippen LogP contribution in [0, 0.1) is 19.7 Å². The van der Waals surface area contributed by atoms with Crippen molar-refractivity contribution in [3.8, 4) is 5.75 Å². The minimum absolute atomic E-state index is 0.269. The predicted octanol–water partition coefficient (Wildman–Crippen LogP) is 5.68.